The summed E-state index contributed by atoms with van der Waals surface area (Å²) in [6.45, 7) is 4.23. The number of carbonyl (C=O) groups excluding carboxylic acids is 1. The third kappa shape index (κ3) is 3.54. The summed E-state index contributed by atoms with van der Waals surface area (Å²) in [7, 11) is 0. The van der Waals surface area contributed by atoms with Crippen LogP contribution in [0, 0.1) is 25.7 Å². The molecule has 1 aliphatic carbocycles. The molecule has 1 amide bonds. The topological polar surface area (TPSA) is 84.2 Å². The first-order valence-electron chi connectivity index (χ1n) is 8.75. The number of rotatable bonds is 5. The van der Waals surface area contributed by atoms with Crippen molar-refractivity contribution in [3.63, 3.8) is 0 Å². The van der Waals surface area contributed by atoms with E-state index in [4.69, 9.17) is 0 Å². The van der Waals surface area contributed by atoms with Gasteiger partial charge >= 0.3 is 5.97 Å². The fourth-order valence-electron chi connectivity index (χ4n) is 3.43. The zero-order valence-electron chi connectivity index (χ0n) is 15.0. The van der Waals surface area contributed by atoms with E-state index in [2.05, 4.69) is 10.4 Å². The van der Waals surface area contributed by atoms with Crippen LogP contribution in [0.4, 0.5) is 0 Å². The van der Waals surface area contributed by atoms with Crippen LogP contribution >= 0.6 is 0 Å². The van der Waals surface area contributed by atoms with E-state index in [1.54, 1.807) is 0 Å². The normalized spacial score (nSPS) is 19.3. The average Bonchev–Trinajstić information content (AvgIpc) is 2.94. The number of aromatic nitrogens is 2. The number of para-hydroxylation sites is 1. The SMILES string of the molecule is Cc1nn(-c2ccccc2)c(C)c1CNC(=O)[C@H]1CC=CC[C@@H]1C(=O)O. The molecule has 0 spiro atoms. The van der Waals surface area contributed by atoms with E-state index in [1.807, 2.05) is 61.0 Å². The standard InChI is InChI=1S/C20H23N3O3/c1-13-18(14(2)23(22-13)15-8-4-3-5-9-15)12-21-19(24)16-10-6-7-11-17(16)20(25)26/h3-9,16-17H,10-12H2,1-2H3,(H,21,24)(H,25,26)/t16-,17-/m0/s1. The maximum atomic E-state index is 12.6. The highest BCUT2D eigenvalue weighted by molar-refractivity contribution is 5.85. The quantitative estimate of drug-likeness (QED) is 0.810. The van der Waals surface area contributed by atoms with Gasteiger partial charge < -0.3 is 10.4 Å². The molecule has 3 rings (SSSR count). The number of hydrogen-bond donors (Lipinski definition) is 2. The fraction of sp³-hybridized carbons (Fsp3) is 0.350. The third-order valence-electron chi connectivity index (χ3n) is 4.97. The number of aliphatic carboxylic acids is 1. The molecule has 1 heterocycles. The van der Waals surface area contributed by atoms with Gasteiger partial charge in [-0.05, 0) is 38.8 Å². The van der Waals surface area contributed by atoms with Gasteiger partial charge in [0, 0.05) is 17.8 Å². The predicted octanol–water partition coefficient (Wildman–Crippen LogP) is 2.77. The van der Waals surface area contributed by atoms with Crippen LogP contribution in [0.15, 0.2) is 42.5 Å². The Morgan fingerprint density at radius 1 is 1.15 bits per heavy atom. The van der Waals surface area contributed by atoms with Gasteiger partial charge in [-0.2, -0.15) is 5.10 Å². The van der Waals surface area contributed by atoms with E-state index in [-0.39, 0.29) is 5.91 Å². The van der Waals surface area contributed by atoms with Crippen LogP contribution in [0.5, 0.6) is 0 Å². The van der Waals surface area contributed by atoms with Crippen LogP contribution < -0.4 is 5.32 Å². The second kappa shape index (κ2) is 7.56. The molecule has 1 aromatic carbocycles. The summed E-state index contributed by atoms with van der Waals surface area (Å²) >= 11 is 0. The Hall–Kier alpha value is -2.89. The van der Waals surface area contributed by atoms with Gasteiger partial charge in [0.1, 0.15) is 0 Å². The number of nitrogens with one attached hydrogen (secondary N) is 1. The molecule has 136 valence electrons. The van der Waals surface area contributed by atoms with Crippen LogP contribution in [0.2, 0.25) is 0 Å². The fourth-order valence-corrected chi connectivity index (χ4v) is 3.43. The van der Waals surface area contributed by atoms with E-state index < -0.39 is 17.8 Å². The van der Waals surface area contributed by atoms with Gasteiger partial charge in [0.05, 0.1) is 23.2 Å². The van der Waals surface area contributed by atoms with Crippen LogP contribution in [0.1, 0.15) is 29.8 Å². The minimum absolute atomic E-state index is 0.215. The van der Waals surface area contributed by atoms with Gasteiger partial charge in [-0.1, -0.05) is 30.4 Å². The van der Waals surface area contributed by atoms with Crippen molar-refractivity contribution in [2.45, 2.75) is 33.2 Å². The molecule has 0 radical (unpaired) electrons. The molecule has 0 fully saturated rings. The molecule has 1 aliphatic rings. The van der Waals surface area contributed by atoms with Crippen molar-refractivity contribution in [3.05, 3.63) is 59.4 Å². The van der Waals surface area contributed by atoms with Crippen molar-refractivity contribution in [1.82, 2.24) is 15.1 Å². The van der Waals surface area contributed by atoms with E-state index in [0.717, 1.165) is 22.6 Å². The number of benzene rings is 1. The number of aryl methyl sites for hydroxylation is 1. The van der Waals surface area contributed by atoms with E-state index in [1.165, 1.54) is 0 Å². The number of nitrogens with zero attached hydrogens (tertiary/aromatic N) is 2. The highest BCUT2D eigenvalue weighted by Crippen LogP contribution is 2.26. The van der Waals surface area contributed by atoms with Crippen molar-refractivity contribution < 1.29 is 14.7 Å². The number of amides is 1. The number of allylic oxidation sites excluding steroid dienone is 2. The molecule has 0 saturated heterocycles. The Bertz CT molecular complexity index is 839. The molecule has 0 bridgehead atoms. The van der Waals surface area contributed by atoms with Gasteiger partial charge in [-0.3, -0.25) is 9.59 Å². The van der Waals surface area contributed by atoms with E-state index >= 15 is 0 Å². The van der Waals surface area contributed by atoms with Crippen molar-refractivity contribution >= 4 is 11.9 Å². The molecule has 26 heavy (non-hydrogen) atoms. The van der Waals surface area contributed by atoms with Crippen LogP contribution in [-0.4, -0.2) is 26.8 Å². The number of carbonyl (C=O) groups is 2. The molecule has 6 heteroatoms. The number of carboxylic acid groups (broad SMARTS) is 1. The first kappa shape index (κ1) is 17.9. The summed E-state index contributed by atoms with van der Waals surface area (Å²) in [5, 5.41) is 16.8. The Morgan fingerprint density at radius 3 is 2.46 bits per heavy atom. The maximum absolute atomic E-state index is 12.6. The Morgan fingerprint density at radius 2 is 1.81 bits per heavy atom. The molecule has 2 atom stereocenters. The molecular formula is C20H23N3O3. The largest absolute Gasteiger partial charge is 0.481 e. The van der Waals surface area contributed by atoms with E-state index in [0.29, 0.717) is 19.4 Å². The molecule has 1 aromatic heterocycles. The van der Waals surface area contributed by atoms with Gasteiger partial charge in [-0.15, -0.1) is 0 Å². The second-order valence-corrected chi connectivity index (χ2v) is 6.61. The molecule has 0 unspecified atom stereocenters. The van der Waals surface area contributed by atoms with Crippen molar-refractivity contribution in [2.75, 3.05) is 0 Å². The molecule has 0 aliphatic heterocycles. The molecule has 0 saturated carbocycles. The lowest BCUT2D eigenvalue weighted by Gasteiger charge is -2.24. The zero-order valence-corrected chi connectivity index (χ0v) is 15.0. The summed E-state index contributed by atoms with van der Waals surface area (Å²) in [6, 6.07) is 9.82. The summed E-state index contributed by atoms with van der Waals surface area (Å²) in [5.74, 6) is -2.32. The minimum atomic E-state index is -0.918. The van der Waals surface area contributed by atoms with Gasteiger partial charge in [0.2, 0.25) is 5.91 Å². The Kier molecular flexibility index (Phi) is 5.21. The first-order chi connectivity index (χ1) is 12.5. The number of carboxylic acids is 1. The Labute approximate surface area is 152 Å². The van der Waals surface area contributed by atoms with Crippen molar-refractivity contribution in [1.29, 1.82) is 0 Å². The highest BCUT2D eigenvalue weighted by atomic mass is 16.4. The summed E-state index contributed by atoms with van der Waals surface area (Å²) in [5.41, 5.74) is 3.74. The second-order valence-electron chi connectivity index (χ2n) is 6.61. The smallest absolute Gasteiger partial charge is 0.307 e. The van der Waals surface area contributed by atoms with Crippen LogP contribution in [-0.2, 0) is 16.1 Å². The lowest BCUT2D eigenvalue weighted by molar-refractivity contribution is -0.147. The lowest BCUT2D eigenvalue weighted by atomic mass is 9.82. The van der Waals surface area contributed by atoms with Crippen LogP contribution in [0.3, 0.4) is 0 Å². The molecule has 2 aromatic rings. The third-order valence-corrected chi connectivity index (χ3v) is 4.97. The van der Waals surface area contributed by atoms with Gasteiger partial charge in [-0.25, -0.2) is 4.68 Å². The first-order valence-corrected chi connectivity index (χ1v) is 8.75. The maximum Gasteiger partial charge on any atom is 0.307 e. The predicted molar refractivity (Wildman–Crippen MR) is 97.9 cm³/mol. The highest BCUT2D eigenvalue weighted by Gasteiger charge is 2.33. The van der Waals surface area contributed by atoms with Gasteiger partial charge in [0.15, 0.2) is 0 Å². The summed E-state index contributed by atoms with van der Waals surface area (Å²) < 4.78 is 1.86. The monoisotopic (exact) mass is 353 g/mol. The average molecular weight is 353 g/mol. The van der Waals surface area contributed by atoms with Crippen molar-refractivity contribution in [2.24, 2.45) is 11.8 Å². The van der Waals surface area contributed by atoms with E-state index in [9.17, 15) is 14.7 Å². The Balaban J connectivity index is 1.74. The lowest BCUT2D eigenvalue weighted by Crippen LogP contribution is -2.38. The minimum Gasteiger partial charge on any atom is -0.481 e. The van der Waals surface area contributed by atoms with Gasteiger partial charge in [0.25, 0.3) is 0 Å². The zero-order chi connectivity index (χ0) is 18.7. The molecular weight excluding hydrogens is 330 g/mol. The summed E-state index contributed by atoms with van der Waals surface area (Å²) in [4.78, 5) is 23.9. The summed E-state index contributed by atoms with van der Waals surface area (Å²) in [6.07, 6.45) is 4.58. The molecule has 2 N–H and O–H groups in total. The van der Waals surface area contributed by atoms with Crippen molar-refractivity contribution in [3.8, 4) is 5.69 Å². The van der Waals surface area contributed by atoms with Crippen LogP contribution in [0.25, 0.3) is 5.69 Å². The number of hydrogen-bond acceptors (Lipinski definition) is 3. The molecule has 6 nitrogen and oxygen atoms in total.